The van der Waals surface area contributed by atoms with E-state index >= 15 is 0 Å². The molecular weight excluding hydrogens is 262 g/mol. The van der Waals surface area contributed by atoms with Gasteiger partial charge in [-0.3, -0.25) is 9.69 Å². The Hall–Kier alpha value is -0.610. The Morgan fingerprint density at radius 1 is 0.905 bits per heavy atom. The van der Waals surface area contributed by atoms with Crippen molar-refractivity contribution in [2.75, 3.05) is 46.3 Å². The van der Waals surface area contributed by atoms with Crippen molar-refractivity contribution in [2.24, 2.45) is 5.92 Å². The summed E-state index contributed by atoms with van der Waals surface area (Å²) in [6.45, 7) is 6.50. The molecule has 1 atom stereocenters. The monoisotopic (exact) mass is 293 g/mol. The van der Waals surface area contributed by atoms with E-state index in [4.69, 9.17) is 0 Å². The molecule has 3 aliphatic rings. The summed E-state index contributed by atoms with van der Waals surface area (Å²) in [5.41, 5.74) is 0. The number of piperidine rings is 1. The molecule has 0 aromatic heterocycles. The van der Waals surface area contributed by atoms with Crippen LogP contribution in [0.1, 0.15) is 44.9 Å². The Labute approximate surface area is 129 Å². The van der Waals surface area contributed by atoms with Crippen molar-refractivity contribution in [1.82, 2.24) is 14.7 Å². The summed E-state index contributed by atoms with van der Waals surface area (Å²) in [7, 11) is 2.27. The van der Waals surface area contributed by atoms with Gasteiger partial charge in [0, 0.05) is 44.7 Å². The molecule has 2 heterocycles. The van der Waals surface area contributed by atoms with Crippen molar-refractivity contribution in [3.63, 3.8) is 0 Å². The van der Waals surface area contributed by atoms with Gasteiger partial charge in [0.25, 0.3) is 0 Å². The van der Waals surface area contributed by atoms with E-state index in [0.717, 1.165) is 45.1 Å². The van der Waals surface area contributed by atoms with Gasteiger partial charge < -0.3 is 9.80 Å². The highest BCUT2D eigenvalue weighted by Crippen LogP contribution is 2.27. The Bertz CT molecular complexity index is 346. The molecule has 4 heteroatoms. The average molecular weight is 293 g/mol. The zero-order valence-corrected chi connectivity index (χ0v) is 13.6. The van der Waals surface area contributed by atoms with E-state index in [-0.39, 0.29) is 0 Å². The van der Waals surface area contributed by atoms with Gasteiger partial charge in [-0.1, -0.05) is 19.3 Å². The molecule has 0 unspecified atom stereocenters. The average Bonchev–Trinajstić information content (AvgIpc) is 3.04. The number of rotatable bonds is 3. The highest BCUT2D eigenvalue weighted by Gasteiger charge is 2.30. The summed E-state index contributed by atoms with van der Waals surface area (Å²) < 4.78 is 0. The van der Waals surface area contributed by atoms with E-state index in [1.807, 2.05) is 0 Å². The first-order valence-corrected chi connectivity index (χ1v) is 8.95. The first-order valence-electron chi connectivity index (χ1n) is 8.95. The molecule has 0 N–H and O–H groups in total. The summed E-state index contributed by atoms with van der Waals surface area (Å²) in [6, 6.07) is 0.732. The van der Waals surface area contributed by atoms with E-state index in [1.165, 1.54) is 45.2 Å². The van der Waals surface area contributed by atoms with Crippen LogP contribution < -0.4 is 0 Å². The van der Waals surface area contributed by atoms with Crippen LogP contribution in [0.3, 0.4) is 0 Å². The van der Waals surface area contributed by atoms with Crippen molar-refractivity contribution in [2.45, 2.75) is 51.0 Å². The van der Waals surface area contributed by atoms with Crippen molar-refractivity contribution >= 4 is 5.91 Å². The van der Waals surface area contributed by atoms with Gasteiger partial charge in [0.05, 0.1) is 0 Å². The van der Waals surface area contributed by atoms with Crippen molar-refractivity contribution in [1.29, 1.82) is 0 Å². The largest absolute Gasteiger partial charge is 0.340 e. The maximum absolute atomic E-state index is 12.4. The summed E-state index contributed by atoms with van der Waals surface area (Å²) >= 11 is 0. The van der Waals surface area contributed by atoms with Gasteiger partial charge in [0.1, 0.15) is 0 Å². The second kappa shape index (κ2) is 7.10. The van der Waals surface area contributed by atoms with Crippen molar-refractivity contribution in [3.05, 3.63) is 0 Å². The molecule has 1 amide bonds. The molecule has 3 fully saturated rings. The van der Waals surface area contributed by atoms with Gasteiger partial charge in [-0.25, -0.2) is 0 Å². The zero-order chi connectivity index (χ0) is 14.7. The van der Waals surface area contributed by atoms with Crippen LogP contribution in [-0.4, -0.2) is 73.0 Å². The number of hydrogen-bond donors (Lipinski definition) is 0. The third kappa shape index (κ3) is 3.78. The van der Waals surface area contributed by atoms with E-state index < -0.39 is 0 Å². The molecule has 1 saturated carbocycles. The van der Waals surface area contributed by atoms with E-state index in [1.54, 1.807) is 0 Å². The molecular formula is C17H31N3O. The Morgan fingerprint density at radius 3 is 2.24 bits per heavy atom. The van der Waals surface area contributed by atoms with Crippen LogP contribution in [0.4, 0.5) is 0 Å². The van der Waals surface area contributed by atoms with Gasteiger partial charge in [0.2, 0.25) is 5.91 Å². The number of carbonyl (C=O) groups is 1. The second-order valence-corrected chi connectivity index (χ2v) is 7.24. The second-order valence-electron chi connectivity index (χ2n) is 7.24. The molecule has 3 rings (SSSR count). The molecule has 0 radical (unpaired) electrons. The van der Waals surface area contributed by atoms with Crippen LogP contribution in [0.15, 0.2) is 0 Å². The minimum absolute atomic E-state index is 0.348. The standard InChI is InChI=1S/C17H31N3O/c1-18-9-5-4-8-16(18)14-19-10-12-20(13-11-19)17(21)15-6-2-3-7-15/h15-16H,2-14H2,1H3/t16-/m1/s1. The Balaban J connectivity index is 1.43. The summed E-state index contributed by atoms with van der Waals surface area (Å²) in [6.07, 6.45) is 8.86. The summed E-state index contributed by atoms with van der Waals surface area (Å²) in [4.78, 5) is 19.7. The quantitative estimate of drug-likeness (QED) is 0.794. The van der Waals surface area contributed by atoms with Crippen LogP contribution in [0.2, 0.25) is 0 Å². The van der Waals surface area contributed by atoms with Crippen LogP contribution in [0, 0.1) is 5.92 Å². The molecule has 21 heavy (non-hydrogen) atoms. The zero-order valence-electron chi connectivity index (χ0n) is 13.6. The first kappa shape index (κ1) is 15.3. The maximum atomic E-state index is 12.4. The fourth-order valence-electron chi connectivity index (χ4n) is 4.25. The normalized spacial score (nSPS) is 30.0. The van der Waals surface area contributed by atoms with Crippen LogP contribution in [0.5, 0.6) is 0 Å². The number of amides is 1. The fraction of sp³-hybridized carbons (Fsp3) is 0.941. The van der Waals surface area contributed by atoms with Gasteiger partial charge in [-0.15, -0.1) is 0 Å². The fourth-order valence-corrected chi connectivity index (χ4v) is 4.25. The molecule has 0 bridgehead atoms. The first-order chi connectivity index (χ1) is 10.2. The van der Waals surface area contributed by atoms with Gasteiger partial charge in [-0.05, 0) is 39.3 Å². The van der Waals surface area contributed by atoms with E-state index in [9.17, 15) is 4.79 Å². The Morgan fingerprint density at radius 2 is 1.57 bits per heavy atom. The summed E-state index contributed by atoms with van der Waals surface area (Å²) in [5, 5.41) is 0. The van der Waals surface area contributed by atoms with E-state index in [2.05, 4.69) is 21.7 Å². The van der Waals surface area contributed by atoms with Crippen molar-refractivity contribution < 1.29 is 4.79 Å². The number of carbonyl (C=O) groups excluding carboxylic acids is 1. The lowest BCUT2D eigenvalue weighted by Gasteiger charge is -2.40. The third-order valence-electron chi connectivity index (χ3n) is 5.78. The van der Waals surface area contributed by atoms with Gasteiger partial charge in [-0.2, -0.15) is 0 Å². The maximum Gasteiger partial charge on any atom is 0.225 e. The molecule has 2 saturated heterocycles. The molecule has 0 aromatic carbocycles. The van der Waals surface area contributed by atoms with Gasteiger partial charge in [0.15, 0.2) is 0 Å². The smallest absolute Gasteiger partial charge is 0.225 e. The lowest BCUT2D eigenvalue weighted by atomic mass is 10.0. The predicted octanol–water partition coefficient (Wildman–Crippen LogP) is 1.81. The number of likely N-dealkylation sites (N-methyl/N-ethyl adjacent to an activating group) is 1. The minimum Gasteiger partial charge on any atom is -0.340 e. The topological polar surface area (TPSA) is 26.8 Å². The Kier molecular flexibility index (Phi) is 5.17. The molecule has 1 aliphatic carbocycles. The number of nitrogens with zero attached hydrogens (tertiary/aromatic N) is 3. The highest BCUT2D eigenvalue weighted by atomic mass is 16.2. The lowest BCUT2D eigenvalue weighted by molar-refractivity contribution is -0.137. The third-order valence-corrected chi connectivity index (χ3v) is 5.78. The number of likely N-dealkylation sites (tertiary alicyclic amines) is 1. The van der Waals surface area contributed by atoms with Crippen LogP contribution in [-0.2, 0) is 4.79 Å². The summed E-state index contributed by atoms with van der Waals surface area (Å²) in [5.74, 6) is 0.794. The molecule has 120 valence electrons. The number of piperazine rings is 1. The highest BCUT2D eigenvalue weighted by molar-refractivity contribution is 5.79. The molecule has 2 aliphatic heterocycles. The van der Waals surface area contributed by atoms with Crippen LogP contribution >= 0.6 is 0 Å². The van der Waals surface area contributed by atoms with E-state index in [0.29, 0.717) is 11.8 Å². The number of hydrogen-bond acceptors (Lipinski definition) is 3. The minimum atomic E-state index is 0.348. The van der Waals surface area contributed by atoms with Gasteiger partial charge >= 0.3 is 0 Å². The van der Waals surface area contributed by atoms with Crippen LogP contribution in [0.25, 0.3) is 0 Å². The lowest BCUT2D eigenvalue weighted by Crippen LogP contribution is -2.53. The molecule has 4 nitrogen and oxygen atoms in total. The SMILES string of the molecule is CN1CCCC[C@@H]1CN1CCN(C(=O)C2CCCC2)CC1. The predicted molar refractivity (Wildman–Crippen MR) is 85.2 cm³/mol. The molecule has 0 aromatic rings. The van der Waals surface area contributed by atoms with Crippen molar-refractivity contribution in [3.8, 4) is 0 Å². The molecule has 0 spiro atoms.